The van der Waals surface area contributed by atoms with Gasteiger partial charge >= 0.3 is 6.09 Å². The first-order valence-electron chi connectivity index (χ1n) is 10.7. The van der Waals surface area contributed by atoms with Gasteiger partial charge in [0.15, 0.2) is 5.82 Å². The Balaban J connectivity index is 1.75. The van der Waals surface area contributed by atoms with Crippen LogP contribution < -0.4 is 15.9 Å². The van der Waals surface area contributed by atoms with Crippen LogP contribution in [-0.4, -0.2) is 38.3 Å². The van der Waals surface area contributed by atoms with Gasteiger partial charge in [-0.1, -0.05) is 30.0 Å². The normalized spacial score (nSPS) is 10.8. The fourth-order valence-corrected chi connectivity index (χ4v) is 3.28. The highest BCUT2D eigenvalue weighted by Gasteiger charge is 2.15. The largest absolute Gasteiger partial charge is 0.444 e. The average molecular weight is 478 g/mol. The molecule has 0 aliphatic heterocycles. The van der Waals surface area contributed by atoms with Crippen LogP contribution in [0.1, 0.15) is 37.5 Å². The smallest absolute Gasteiger partial charge is 0.408 e. The Labute approximate surface area is 201 Å². The summed E-state index contributed by atoms with van der Waals surface area (Å²) in [5, 5.41) is 16.1. The van der Waals surface area contributed by atoms with Gasteiger partial charge in [0.25, 0.3) is 0 Å². The second kappa shape index (κ2) is 11.1. The first-order chi connectivity index (χ1) is 16.1. The molecule has 0 aliphatic carbocycles. The van der Waals surface area contributed by atoms with Gasteiger partial charge in [-0.2, -0.15) is 4.98 Å². The third kappa shape index (κ3) is 7.51. The van der Waals surface area contributed by atoms with Crippen LogP contribution in [0.25, 0.3) is 11.4 Å². The van der Waals surface area contributed by atoms with E-state index < -0.39 is 11.7 Å². The highest BCUT2D eigenvalue weighted by atomic mass is 31.0. The van der Waals surface area contributed by atoms with Crippen molar-refractivity contribution in [1.82, 2.24) is 20.3 Å². The van der Waals surface area contributed by atoms with Crippen molar-refractivity contribution < 1.29 is 14.6 Å². The molecule has 1 heterocycles. The molecule has 34 heavy (non-hydrogen) atoms. The average Bonchev–Trinajstić information content (AvgIpc) is 2.76. The lowest BCUT2D eigenvalue weighted by atomic mass is 10.1. The Morgan fingerprint density at radius 2 is 1.97 bits per heavy atom. The van der Waals surface area contributed by atoms with Crippen LogP contribution in [0.2, 0.25) is 0 Å². The van der Waals surface area contributed by atoms with E-state index in [0.717, 1.165) is 33.2 Å². The fraction of sp³-hybridized carbons (Fsp3) is 0.280. The number of alkyl carbamates (subject to hydrolysis) is 1. The van der Waals surface area contributed by atoms with Gasteiger partial charge in [-0.15, -0.1) is 9.24 Å². The van der Waals surface area contributed by atoms with Crippen LogP contribution in [-0.2, 0) is 11.3 Å². The number of aliphatic hydroxyl groups is 1. The molecule has 1 aromatic heterocycles. The number of hydrogen-bond acceptors (Lipinski definition) is 7. The van der Waals surface area contributed by atoms with Crippen molar-refractivity contribution in [3.8, 4) is 23.2 Å². The van der Waals surface area contributed by atoms with Crippen LogP contribution in [0, 0.1) is 18.8 Å². The number of benzene rings is 2. The molecule has 0 radical (unpaired) electrons. The molecule has 0 bridgehead atoms. The Morgan fingerprint density at radius 3 is 2.71 bits per heavy atom. The number of nitrogens with zero attached hydrogens (tertiary/aromatic N) is 3. The lowest BCUT2D eigenvalue weighted by molar-refractivity contribution is 0.0535. The van der Waals surface area contributed by atoms with Crippen LogP contribution >= 0.6 is 9.24 Å². The van der Waals surface area contributed by atoms with Gasteiger partial charge < -0.3 is 20.5 Å². The second-order valence-corrected chi connectivity index (χ2v) is 9.20. The predicted octanol–water partition coefficient (Wildman–Crippen LogP) is 3.46. The van der Waals surface area contributed by atoms with Crippen molar-refractivity contribution in [1.29, 1.82) is 0 Å². The maximum absolute atomic E-state index is 11.7. The summed E-state index contributed by atoms with van der Waals surface area (Å²) in [7, 11) is 2.65. The van der Waals surface area contributed by atoms with Crippen LogP contribution in [0.5, 0.6) is 0 Å². The van der Waals surface area contributed by atoms with Crippen molar-refractivity contribution >= 4 is 32.3 Å². The number of amides is 1. The van der Waals surface area contributed by atoms with Gasteiger partial charge in [0, 0.05) is 16.8 Å². The number of rotatable bonds is 5. The van der Waals surface area contributed by atoms with E-state index in [0.29, 0.717) is 11.8 Å². The summed E-state index contributed by atoms with van der Waals surface area (Å²) in [6.07, 6.45) is 0.935. The fourth-order valence-electron chi connectivity index (χ4n) is 3.02. The first kappa shape index (κ1) is 25.1. The zero-order valence-electron chi connectivity index (χ0n) is 19.6. The minimum Gasteiger partial charge on any atom is -0.444 e. The summed E-state index contributed by atoms with van der Waals surface area (Å²) < 4.78 is 5.20. The first-order valence-corrected chi connectivity index (χ1v) is 11.2. The van der Waals surface area contributed by atoms with E-state index in [2.05, 4.69) is 46.7 Å². The SMILES string of the molecule is Cc1cc(CO)cc(Nc2ncnc(-c3ccc(P)c(C#CCNC(=O)OC(C)(C)C)c3)n2)c1. The quantitative estimate of drug-likeness (QED) is 0.381. The second-order valence-electron chi connectivity index (χ2n) is 8.58. The molecule has 3 aromatic rings. The topological polar surface area (TPSA) is 109 Å². The molecule has 1 unspecified atom stereocenters. The summed E-state index contributed by atoms with van der Waals surface area (Å²) >= 11 is 0. The van der Waals surface area contributed by atoms with E-state index >= 15 is 0 Å². The predicted molar refractivity (Wildman–Crippen MR) is 136 cm³/mol. The van der Waals surface area contributed by atoms with E-state index in [9.17, 15) is 9.90 Å². The van der Waals surface area contributed by atoms with E-state index in [1.807, 2.05) is 43.3 Å². The van der Waals surface area contributed by atoms with Gasteiger partial charge in [0.1, 0.15) is 11.9 Å². The van der Waals surface area contributed by atoms with Crippen LogP contribution in [0.3, 0.4) is 0 Å². The molecule has 1 atom stereocenters. The summed E-state index contributed by atoms with van der Waals surface area (Å²) in [5.41, 5.74) is 3.60. The van der Waals surface area contributed by atoms with Gasteiger partial charge in [-0.25, -0.2) is 14.8 Å². The third-order valence-corrected chi connectivity index (χ3v) is 4.91. The van der Waals surface area contributed by atoms with Gasteiger partial charge in [0.05, 0.1) is 13.2 Å². The minimum absolute atomic E-state index is 0.0443. The number of anilines is 2. The number of aliphatic hydroxyl groups excluding tert-OH is 1. The maximum atomic E-state index is 11.7. The van der Waals surface area contributed by atoms with Crippen molar-refractivity contribution in [2.45, 2.75) is 39.9 Å². The lowest BCUT2D eigenvalue weighted by Crippen LogP contribution is -2.32. The standard InChI is InChI=1S/C25H28N5O3P/c1-16-10-17(14-31)12-20(11-16)29-23-28-15-27-22(30-23)19-7-8-21(34)18(13-19)6-5-9-26-24(32)33-25(2,3)4/h7-8,10-13,15,31H,9,14,34H2,1-4H3,(H,26,32)(H,27,28,29,30). The lowest BCUT2D eigenvalue weighted by Gasteiger charge is -2.19. The number of carbonyl (C=O) groups is 1. The molecule has 0 saturated carbocycles. The molecule has 3 N–H and O–H groups in total. The molecule has 1 amide bonds. The summed E-state index contributed by atoms with van der Waals surface area (Å²) in [5.74, 6) is 6.89. The highest BCUT2D eigenvalue weighted by Crippen LogP contribution is 2.20. The molecular formula is C25H28N5O3P. The van der Waals surface area contributed by atoms with Crippen molar-refractivity contribution in [2.75, 3.05) is 11.9 Å². The van der Waals surface area contributed by atoms with Gasteiger partial charge in [-0.05, 0) is 62.3 Å². The number of nitrogens with one attached hydrogen (secondary N) is 2. The molecule has 0 saturated heterocycles. The molecule has 3 rings (SSSR count). The number of hydrogen-bond donors (Lipinski definition) is 3. The van der Waals surface area contributed by atoms with Crippen molar-refractivity contribution in [3.63, 3.8) is 0 Å². The molecule has 2 aromatic carbocycles. The summed E-state index contributed by atoms with van der Waals surface area (Å²) in [6, 6.07) is 11.4. The zero-order chi connectivity index (χ0) is 24.7. The highest BCUT2D eigenvalue weighted by molar-refractivity contribution is 7.27. The van der Waals surface area contributed by atoms with Crippen molar-refractivity contribution in [3.05, 3.63) is 59.4 Å². The number of aryl methyl sites for hydroxylation is 1. The Kier molecular flexibility index (Phi) is 8.17. The Hall–Kier alpha value is -3.53. The molecule has 8 nitrogen and oxygen atoms in total. The summed E-state index contributed by atoms with van der Waals surface area (Å²) in [6.45, 7) is 7.49. The molecule has 0 fully saturated rings. The maximum Gasteiger partial charge on any atom is 0.408 e. The van der Waals surface area contributed by atoms with E-state index in [4.69, 9.17) is 4.74 Å². The monoisotopic (exact) mass is 477 g/mol. The number of aromatic nitrogens is 3. The molecule has 0 spiro atoms. The Bertz CT molecular complexity index is 1250. The number of carbonyl (C=O) groups excluding carboxylic acids is 1. The molecule has 9 heteroatoms. The van der Waals surface area contributed by atoms with Gasteiger partial charge in [-0.3, -0.25) is 0 Å². The Morgan fingerprint density at radius 1 is 1.18 bits per heavy atom. The van der Waals surface area contributed by atoms with Gasteiger partial charge in [0.2, 0.25) is 5.95 Å². The van der Waals surface area contributed by atoms with Crippen LogP contribution in [0.4, 0.5) is 16.4 Å². The molecule has 0 aliphatic rings. The molecular weight excluding hydrogens is 449 g/mol. The summed E-state index contributed by atoms with van der Waals surface area (Å²) in [4.78, 5) is 24.8. The van der Waals surface area contributed by atoms with E-state index in [-0.39, 0.29) is 13.2 Å². The minimum atomic E-state index is -0.558. The van der Waals surface area contributed by atoms with Crippen molar-refractivity contribution in [2.24, 2.45) is 0 Å². The van der Waals surface area contributed by atoms with E-state index in [1.165, 1.54) is 6.33 Å². The zero-order valence-corrected chi connectivity index (χ0v) is 20.8. The molecule has 176 valence electrons. The van der Waals surface area contributed by atoms with E-state index in [1.54, 1.807) is 20.8 Å². The third-order valence-electron chi connectivity index (χ3n) is 4.40. The van der Waals surface area contributed by atoms with Crippen LogP contribution in [0.15, 0.2) is 42.7 Å². The number of ether oxygens (including phenoxy) is 1.